The average Bonchev–Trinajstić information content (AvgIpc) is 2.34. The zero-order valence-corrected chi connectivity index (χ0v) is 12.3. The molecular weight excluding hydrogens is 288 g/mol. The molecule has 4 nitrogen and oxygen atoms in total. The van der Waals surface area contributed by atoms with Crippen LogP contribution in [0, 0.1) is 0 Å². The van der Waals surface area contributed by atoms with Crippen LogP contribution in [0.5, 0.6) is 0 Å². The zero-order chi connectivity index (χ0) is 14.5. The average molecular weight is 305 g/mol. The van der Waals surface area contributed by atoms with Crippen molar-refractivity contribution in [3.8, 4) is 0 Å². The fourth-order valence-corrected chi connectivity index (χ4v) is 3.65. The number of sulfone groups is 1. The largest absolute Gasteiger partial charge is 0.478 e. The first-order valence-corrected chi connectivity index (χ1v) is 8.17. The molecule has 1 rings (SSSR count). The molecule has 0 aromatic heterocycles. The summed E-state index contributed by atoms with van der Waals surface area (Å²) in [5.74, 6) is -1.17. The van der Waals surface area contributed by atoms with Crippen molar-refractivity contribution < 1.29 is 18.3 Å². The highest BCUT2D eigenvalue weighted by Crippen LogP contribution is 2.24. The van der Waals surface area contributed by atoms with E-state index in [-0.39, 0.29) is 21.2 Å². The lowest BCUT2D eigenvalue weighted by Gasteiger charge is -2.07. The van der Waals surface area contributed by atoms with Crippen LogP contribution in [0.1, 0.15) is 43.0 Å². The quantitative estimate of drug-likeness (QED) is 0.784. The zero-order valence-electron chi connectivity index (χ0n) is 10.7. The number of unbranched alkanes of at least 4 members (excludes halogenated alkanes) is 3. The Balaban J connectivity index is 2.94. The molecule has 106 valence electrons. The van der Waals surface area contributed by atoms with Gasteiger partial charge in [0.15, 0.2) is 9.84 Å². The van der Waals surface area contributed by atoms with Crippen molar-refractivity contribution in [3.63, 3.8) is 0 Å². The molecule has 0 spiro atoms. The number of aromatic carboxylic acids is 1. The first-order chi connectivity index (χ1) is 8.88. The number of hydrogen-bond acceptors (Lipinski definition) is 3. The molecule has 0 unspecified atom stereocenters. The van der Waals surface area contributed by atoms with Gasteiger partial charge in [0.05, 0.1) is 21.2 Å². The van der Waals surface area contributed by atoms with Crippen LogP contribution < -0.4 is 0 Å². The highest BCUT2D eigenvalue weighted by atomic mass is 35.5. The van der Waals surface area contributed by atoms with E-state index in [0.29, 0.717) is 6.42 Å². The predicted molar refractivity (Wildman–Crippen MR) is 74.6 cm³/mol. The minimum atomic E-state index is -3.52. The smallest absolute Gasteiger partial charge is 0.335 e. The third kappa shape index (κ3) is 4.51. The van der Waals surface area contributed by atoms with Gasteiger partial charge >= 0.3 is 5.97 Å². The van der Waals surface area contributed by atoms with E-state index < -0.39 is 15.8 Å². The first kappa shape index (κ1) is 16.0. The summed E-state index contributed by atoms with van der Waals surface area (Å²) < 4.78 is 24.2. The van der Waals surface area contributed by atoms with E-state index in [0.717, 1.165) is 25.3 Å². The lowest BCUT2D eigenvalue weighted by Crippen LogP contribution is -2.09. The Hall–Kier alpha value is -1.07. The Morgan fingerprint density at radius 3 is 2.53 bits per heavy atom. The molecule has 0 aliphatic carbocycles. The first-order valence-electron chi connectivity index (χ1n) is 6.14. The van der Waals surface area contributed by atoms with Crippen molar-refractivity contribution in [2.24, 2.45) is 0 Å². The monoisotopic (exact) mass is 304 g/mol. The van der Waals surface area contributed by atoms with Crippen LogP contribution in [0.4, 0.5) is 0 Å². The Labute approximate surface area is 118 Å². The van der Waals surface area contributed by atoms with Gasteiger partial charge < -0.3 is 5.11 Å². The molecule has 0 heterocycles. The van der Waals surface area contributed by atoms with E-state index in [1.54, 1.807) is 0 Å². The standard InChI is InChI=1S/C13H17ClO4S/c1-2-3-4-5-8-19(17,18)12-9-10(13(15)16)6-7-11(12)14/h6-7,9H,2-5,8H2,1H3,(H,15,16). The van der Waals surface area contributed by atoms with E-state index in [2.05, 4.69) is 0 Å². The Kier molecular flexibility index (Phi) is 5.82. The molecule has 1 aromatic rings. The van der Waals surface area contributed by atoms with E-state index in [1.165, 1.54) is 12.1 Å². The van der Waals surface area contributed by atoms with Gasteiger partial charge in [0, 0.05) is 0 Å². The molecule has 6 heteroatoms. The van der Waals surface area contributed by atoms with E-state index in [1.807, 2.05) is 6.92 Å². The molecular formula is C13H17ClO4S. The van der Waals surface area contributed by atoms with Crippen LogP contribution in [-0.2, 0) is 9.84 Å². The third-order valence-corrected chi connectivity index (χ3v) is 5.06. The number of benzene rings is 1. The summed E-state index contributed by atoms with van der Waals surface area (Å²) in [5, 5.41) is 8.94. The van der Waals surface area contributed by atoms with Gasteiger partial charge in [-0.2, -0.15) is 0 Å². The molecule has 0 atom stereocenters. The van der Waals surface area contributed by atoms with Crippen molar-refractivity contribution >= 4 is 27.4 Å². The van der Waals surface area contributed by atoms with Crippen LogP contribution in [0.2, 0.25) is 5.02 Å². The maximum Gasteiger partial charge on any atom is 0.335 e. The molecule has 1 N–H and O–H groups in total. The number of rotatable bonds is 7. The topological polar surface area (TPSA) is 71.4 Å². The van der Waals surface area contributed by atoms with E-state index >= 15 is 0 Å². The summed E-state index contributed by atoms with van der Waals surface area (Å²) in [6, 6.07) is 3.73. The van der Waals surface area contributed by atoms with Gasteiger partial charge in [0.25, 0.3) is 0 Å². The van der Waals surface area contributed by atoms with Crippen molar-refractivity contribution in [2.45, 2.75) is 37.5 Å². The predicted octanol–water partition coefficient (Wildman–Crippen LogP) is 3.39. The number of carboxylic acids is 1. The Bertz CT molecular complexity index is 552. The second-order valence-corrected chi connectivity index (χ2v) is 6.81. The van der Waals surface area contributed by atoms with Gasteiger partial charge in [-0.25, -0.2) is 13.2 Å². The maximum absolute atomic E-state index is 12.1. The van der Waals surface area contributed by atoms with E-state index in [9.17, 15) is 13.2 Å². The van der Waals surface area contributed by atoms with Crippen LogP contribution in [-0.4, -0.2) is 25.2 Å². The number of carboxylic acid groups (broad SMARTS) is 1. The fraction of sp³-hybridized carbons (Fsp3) is 0.462. The summed E-state index contributed by atoms with van der Waals surface area (Å²) in [6.45, 7) is 2.04. The van der Waals surface area contributed by atoms with Gasteiger partial charge in [-0.05, 0) is 24.6 Å². The molecule has 0 aliphatic rings. The second-order valence-electron chi connectivity index (χ2n) is 4.33. The fourth-order valence-electron chi connectivity index (χ4n) is 1.70. The lowest BCUT2D eigenvalue weighted by atomic mass is 10.2. The van der Waals surface area contributed by atoms with Gasteiger partial charge in [0.1, 0.15) is 0 Å². The molecule has 0 amide bonds. The van der Waals surface area contributed by atoms with Gasteiger partial charge in [-0.3, -0.25) is 0 Å². The molecule has 0 saturated carbocycles. The summed E-state index contributed by atoms with van der Waals surface area (Å²) >= 11 is 5.85. The summed E-state index contributed by atoms with van der Waals surface area (Å²) in [5.41, 5.74) is -0.0727. The van der Waals surface area contributed by atoms with Crippen LogP contribution in [0.25, 0.3) is 0 Å². The molecule has 0 saturated heterocycles. The summed E-state index contributed by atoms with van der Waals surface area (Å²) in [6.07, 6.45) is 3.41. The van der Waals surface area contributed by atoms with Crippen molar-refractivity contribution in [1.29, 1.82) is 0 Å². The molecule has 0 fully saturated rings. The van der Waals surface area contributed by atoms with Crippen molar-refractivity contribution in [1.82, 2.24) is 0 Å². The number of hydrogen-bond donors (Lipinski definition) is 1. The molecule has 1 aromatic carbocycles. The third-order valence-electron chi connectivity index (χ3n) is 2.78. The molecule has 0 bridgehead atoms. The van der Waals surface area contributed by atoms with Crippen LogP contribution >= 0.6 is 11.6 Å². The summed E-state index contributed by atoms with van der Waals surface area (Å²) in [4.78, 5) is 10.8. The minimum absolute atomic E-state index is 0.00417. The Morgan fingerprint density at radius 1 is 1.26 bits per heavy atom. The van der Waals surface area contributed by atoms with Crippen LogP contribution in [0.15, 0.2) is 23.1 Å². The van der Waals surface area contributed by atoms with Crippen molar-refractivity contribution in [3.05, 3.63) is 28.8 Å². The Morgan fingerprint density at radius 2 is 1.95 bits per heavy atom. The number of carbonyl (C=O) groups is 1. The van der Waals surface area contributed by atoms with Crippen molar-refractivity contribution in [2.75, 3.05) is 5.75 Å². The molecule has 0 radical (unpaired) electrons. The second kappa shape index (κ2) is 6.91. The van der Waals surface area contributed by atoms with Gasteiger partial charge in [-0.15, -0.1) is 0 Å². The van der Waals surface area contributed by atoms with Gasteiger partial charge in [-0.1, -0.05) is 37.8 Å². The normalized spacial score (nSPS) is 11.5. The van der Waals surface area contributed by atoms with E-state index in [4.69, 9.17) is 16.7 Å². The maximum atomic E-state index is 12.1. The summed E-state index contributed by atoms with van der Waals surface area (Å²) in [7, 11) is -3.52. The highest BCUT2D eigenvalue weighted by Gasteiger charge is 2.19. The number of halogens is 1. The SMILES string of the molecule is CCCCCCS(=O)(=O)c1cc(C(=O)O)ccc1Cl. The highest BCUT2D eigenvalue weighted by molar-refractivity contribution is 7.91. The van der Waals surface area contributed by atoms with Gasteiger partial charge in [0.2, 0.25) is 0 Å². The lowest BCUT2D eigenvalue weighted by molar-refractivity contribution is 0.0696. The molecule has 19 heavy (non-hydrogen) atoms. The molecule has 0 aliphatic heterocycles. The van der Waals surface area contributed by atoms with Crippen LogP contribution in [0.3, 0.4) is 0 Å². The minimum Gasteiger partial charge on any atom is -0.478 e.